The first-order valence-electron chi connectivity index (χ1n) is 14.1. The number of carbonyl (C=O) groups excluding carboxylic acids is 3. The normalized spacial score (nSPS) is 16.1. The van der Waals surface area contributed by atoms with E-state index in [4.69, 9.17) is 9.90 Å². The number of nitrogens with one attached hydrogen (secondary N) is 1. The standard InChI is InChI=1S/C17H32N4O3.C6H13N.C4H10.CH2O2/c1-14(2)15(20(4)16(23)10-18-13-22)11-19(3)12-17(24)21-8-6-5-7-9-21;1-7-5-3-2-4-6-7;1-4(2)3;2-1-3/h13-15H,5-12H2,1-4H3,(H,18,22);2-6H2,1H3;4H,1-3H3;1H,(H,2,3)/t15-;;;/m1.../s1. The number of piperidine rings is 2. The molecule has 0 aliphatic carbocycles. The number of hydrogen-bond acceptors (Lipinski definition) is 6. The van der Waals surface area contributed by atoms with Gasteiger partial charge in [0.1, 0.15) is 0 Å². The molecule has 0 spiro atoms. The van der Waals surface area contributed by atoms with E-state index >= 15 is 0 Å². The van der Waals surface area contributed by atoms with Gasteiger partial charge in [-0.25, -0.2) is 0 Å². The fourth-order valence-corrected chi connectivity index (χ4v) is 4.13. The highest BCUT2D eigenvalue weighted by molar-refractivity contribution is 5.80. The summed E-state index contributed by atoms with van der Waals surface area (Å²) in [4.78, 5) is 51.2. The Morgan fingerprint density at radius 2 is 1.34 bits per heavy atom. The smallest absolute Gasteiger partial charge is 0.290 e. The Hall–Kier alpha value is -2.20. The van der Waals surface area contributed by atoms with E-state index in [-0.39, 0.29) is 36.8 Å². The largest absolute Gasteiger partial charge is 0.483 e. The van der Waals surface area contributed by atoms with Gasteiger partial charge in [0.2, 0.25) is 18.2 Å². The minimum atomic E-state index is -0.250. The summed E-state index contributed by atoms with van der Waals surface area (Å²) in [6, 6.07) is -0.00916. The SMILES string of the molecule is CC(C)C.CC(C)[C@@H](CN(C)CC(=O)N1CCCCC1)N(C)C(=O)CNC=O.CN1CCCCC1.O=CO. The fourth-order valence-electron chi connectivity index (χ4n) is 4.13. The number of carbonyl (C=O) groups is 4. The van der Waals surface area contributed by atoms with Crippen LogP contribution in [0.3, 0.4) is 0 Å². The Kier molecular flexibility index (Phi) is 23.9. The van der Waals surface area contributed by atoms with Crippen LogP contribution in [-0.2, 0) is 19.2 Å². The summed E-state index contributed by atoms with van der Waals surface area (Å²) in [7, 11) is 5.86. The molecule has 2 fully saturated rings. The molecule has 224 valence electrons. The number of carboxylic acid groups (broad SMARTS) is 1. The lowest BCUT2D eigenvalue weighted by Crippen LogP contribution is -2.51. The molecule has 0 unspecified atom stereocenters. The molecule has 38 heavy (non-hydrogen) atoms. The molecule has 0 bridgehead atoms. The summed E-state index contributed by atoms with van der Waals surface area (Å²) >= 11 is 0. The molecule has 0 aromatic carbocycles. The molecule has 2 aliphatic rings. The summed E-state index contributed by atoms with van der Waals surface area (Å²) in [5.41, 5.74) is 0. The molecule has 2 heterocycles. The third-order valence-corrected chi connectivity index (χ3v) is 6.19. The van der Waals surface area contributed by atoms with Gasteiger partial charge in [0.15, 0.2) is 0 Å². The third kappa shape index (κ3) is 20.8. The van der Waals surface area contributed by atoms with Crippen molar-refractivity contribution in [1.29, 1.82) is 0 Å². The van der Waals surface area contributed by atoms with Crippen LogP contribution in [0.1, 0.15) is 73.1 Å². The molecule has 0 saturated carbocycles. The zero-order valence-corrected chi connectivity index (χ0v) is 25.4. The van der Waals surface area contributed by atoms with Gasteiger partial charge in [-0.15, -0.1) is 0 Å². The highest BCUT2D eigenvalue weighted by atomic mass is 16.3. The van der Waals surface area contributed by atoms with Crippen molar-refractivity contribution < 1.29 is 24.3 Å². The van der Waals surface area contributed by atoms with Crippen molar-refractivity contribution in [2.24, 2.45) is 11.8 Å². The van der Waals surface area contributed by atoms with Gasteiger partial charge in [-0.1, -0.05) is 41.0 Å². The van der Waals surface area contributed by atoms with Crippen molar-refractivity contribution in [3.63, 3.8) is 0 Å². The van der Waals surface area contributed by atoms with Crippen molar-refractivity contribution >= 4 is 24.7 Å². The van der Waals surface area contributed by atoms with Gasteiger partial charge >= 0.3 is 0 Å². The van der Waals surface area contributed by atoms with Crippen LogP contribution >= 0.6 is 0 Å². The number of hydrogen-bond donors (Lipinski definition) is 2. The Labute approximate surface area is 232 Å². The topological polar surface area (TPSA) is 114 Å². The van der Waals surface area contributed by atoms with Crippen LogP contribution in [0.4, 0.5) is 0 Å². The average molecular weight is 544 g/mol. The van der Waals surface area contributed by atoms with Crippen LogP contribution in [0.15, 0.2) is 0 Å². The summed E-state index contributed by atoms with van der Waals surface area (Å²) in [5, 5.41) is 9.29. The van der Waals surface area contributed by atoms with E-state index in [2.05, 4.69) is 51.9 Å². The van der Waals surface area contributed by atoms with Gasteiger partial charge in [-0.2, -0.15) is 0 Å². The van der Waals surface area contributed by atoms with Gasteiger partial charge in [0, 0.05) is 32.7 Å². The maximum absolute atomic E-state index is 12.4. The number of likely N-dealkylation sites (N-methyl/N-ethyl adjacent to an activating group) is 2. The van der Waals surface area contributed by atoms with Gasteiger partial charge in [-0.05, 0) is 71.1 Å². The van der Waals surface area contributed by atoms with Crippen molar-refractivity contribution in [3.8, 4) is 0 Å². The van der Waals surface area contributed by atoms with E-state index in [1.54, 1.807) is 11.9 Å². The minimum Gasteiger partial charge on any atom is -0.483 e. The molecule has 1 atom stereocenters. The van der Waals surface area contributed by atoms with E-state index in [1.165, 1.54) is 38.8 Å². The van der Waals surface area contributed by atoms with Gasteiger partial charge in [-0.3, -0.25) is 24.1 Å². The number of nitrogens with zero attached hydrogens (tertiary/aromatic N) is 4. The van der Waals surface area contributed by atoms with Gasteiger partial charge in [0.05, 0.1) is 13.1 Å². The Balaban J connectivity index is 0. The molecule has 0 aromatic rings. The monoisotopic (exact) mass is 543 g/mol. The maximum Gasteiger partial charge on any atom is 0.290 e. The highest BCUT2D eigenvalue weighted by Crippen LogP contribution is 2.13. The van der Waals surface area contributed by atoms with Crippen LogP contribution in [0, 0.1) is 11.8 Å². The van der Waals surface area contributed by atoms with E-state index in [0.29, 0.717) is 19.5 Å². The van der Waals surface area contributed by atoms with Crippen LogP contribution in [0.5, 0.6) is 0 Å². The molecule has 0 aromatic heterocycles. The van der Waals surface area contributed by atoms with Crippen LogP contribution < -0.4 is 5.32 Å². The first-order chi connectivity index (χ1) is 17.9. The van der Waals surface area contributed by atoms with Crippen molar-refractivity contribution in [1.82, 2.24) is 24.9 Å². The molecule has 2 aliphatic heterocycles. The van der Waals surface area contributed by atoms with Gasteiger partial charge < -0.3 is 25.1 Å². The van der Waals surface area contributed by atoms with E-state index in [0.717, 1.165) is 31.8 Å². The van der Waals surface area contributed by atoms with Crippen molar-refractivity contribution in [2.45, 2.75) is 79.2 Å². The summed E-state index contributed by atoms with van der Waals surface area (Å²) in [5.74, 6) is 1.12. The lowest BCUT2D eigenvalue weighted by Gasteiger charge is -2.35. The molecule has 2 rings (SSSR count). The zero-order valence-electron chi connectivity index (χ0n) is 25.4. The lowest BCUT2D eigenvalue weighted by atomic mass is 10.0. The molecular weight excluding hydrogens is 486 g/mol. The Bertz CT molecular complexity index is 618. The highest BCUT2D eigenvalue weighted by Gasteiger charge is 2.26. The predicted molar refractivity (Wildman–Crippen MR) is 154 cm³/mol. The molecular formula is C28H57N5O5. The quantitative estimate of drug-likeness (QED) is 0.430. The van der Waals surface area contributed by atoms with E-state index in [9.17, 15) is 14.4 Å². The zero-order chi connectivity index (χ0) is 29.5. The molecule has 0 radical (unpaired) electrons. The molecule has 2 saturated heterocycles. The first kappa shape index (κ1) is 37.9. The number of rotatable bonds is 9. The number of amides is 3. The summed E-state index contributed by atoms with van der Waals surface area (Å²) < 4.78 is 0. The lowest BCUT2D eigenvalue weighted by molar-refractivity contribution is -0.134. The maximum atomic E-state index is 12.4. The predicted octanol–water partition coefficient (Wildman–Crippen LogP) is 2.62. The van der Waals surface area contributed by atoms with E-state index in [1.807, 2.05) is 16.8 Å². The van der Waals surface area contributed by atoms with Gasteiger partial charge in [0.25, 0.3) is 6.47 Å². The molecule has 10 heteroatoms. The summed E-state index contributed by atoms with van der Waals surface area (Å²) in [6.07, 6.45) is 8.18. The Morgan fingerprint density at radius 1 is 0.895 bits per heavy atom. The minimum absolute atomic E-state index is 0.000355. The fraction of sp³-hybridized carbons (Fsp3) is 0.857. The third-order valence-electron chi connectivity index (χ3n) is 6.19. The van der Waals surface area contributed by atoms with Crippen LogP contribution in [0.25, 0.3) is 0 Å². The Morgan fingerprint density at radius 3 is 1.71 bits per heavy atom. The van der Waals surface area contributed by atoms with E-state index < -0.39 is 0 Å². The molecule has 10 nitrogen and oxygen atoms in total. The summed E-state index contributed by atoms with van der Waals surface area (Å²) in [6.45, 7) is 15.7. The number of likely N-dealkylation sites (tertiary alicyclic amines) is 2. The van der Waals surface area contributed by atoms with Crippen LogP contribution in [0.2, 0.25) is 0 Å². The molecule has 2 N–H and O–H groups in total. The second kappa shape index (κ2) is 23.9. The molecule has 3 amide bonds. The van der Waals surface area contributed by atoms with Crippen LogP contribution in [-0.4, -0.2) is 122 Å². The van der Waals surface area contributed by atoms with Crippen molar-refractivity contribution in [3.05, 3.63) is 0 Å². The van der Waals surface area contributed by atoms with Crippen molar-refractivity contribution in [2.75, 3.05) is 67.0 Å². The first-order valence-corrected chi connectivity index (χ1v) is 14.1. The second-order valence-electron chi connectivity index (χ2n) is 11.2. The second-order valence-corrected chi connectivity index (χ2v) is 11.2. The average Bonchev–Trinajstić information content (AvgIpc) is 2.86.